The molecule has 2 aromatic rings. The molecule has 21 heavy (non-hydrogen) atoms. The van der Waals surface area contributed by atoms with Gasteiger partial charge in [0, 0.05) is 6.04 Å². The highest BCUT2D eigenvalue weighted by Gasteiger charge is 2.15. The van der Waals surface area contributed by atoms with Crippen molar-refractivity contribution < 1.29 is 4.39 Å². The molecule has 0 aliphatic carbocycles. The standard InChI is InChI=1S/C17H18Cl2FN/c1-3-21-16(12-7-8-15(20)11(2)9-12)10-13-5-4-6-14(18)17(13)19/h4-9,16,21H,3,10H2,1-2H3. The van der Waals surface area contributed by atoms with E-state index >= 15 is 0 Å². The van der Waals surface area contributed by atoms with Gasteiger partial charge in [-0.3, -0.25) is 0 Å². The van der Waals surface area contributed by atoms with Crippen LogP contribution >= 0.6 is 23.2 Å². The Kier molecular flexibility index (Phi) is 5.63. The quantitative estimate of drug-likeness (QED) is 0.782. The van der Waals surface area contributed by atoms with Crippen LogP contribution in [0.4, 0.5) is 4.39 Å². The topological polar surface area (TPSA) is 12.0 Å². The molecule has 1 unspecified atom stereocenters. The minimum Gasteiger partial charge on any atom is -0.310 e. The van der Waals surface area contributed by atoms with Gasteiger partial charge in [-0.05, 0) is 48.7 Å². The third kappa shape index (κ3) is 3.97. The third-order valence-corrected chi connectivity index (χ3v) is 4.35. The number of likely N-dealkylation sites (N-methyl/N-ethyl adjacent to an activating group) is 1. The molecule has 0 saturated carbocycles. The second kappa shape index (κ2) is 7.26. The van der Waals surface area contributed by atoms with E-state index < -0.39 is 0 Å². The van der Waals surface area contributed by atoms with Crippen molar-refractivity contribution in [3.8, 4) is 0 Å². The predicted molar refractivity (Wildman–Crippen MR) is 87.7 cm³/mol. The summed E-state index contributed by atoms with van der Waals surface area (Å²) in [5, 5.41) is 4.56. The molecular weight excluding hydrogens is 308 g/mol. The minimum atomic E-state index is -0.185. The molecule has 0 heterocycles. The van der Waals surface area contributed by atoms with Crippen LogP contribution in [0, 0.1) is 12.7 Å². The fourth-order valence-electron chi connectivity index (χ4n) is 2.36. The van der Waals surface area contributed by atoms with Crippen molar-refractivity contribution in [1.82, 2.24) is 5.32 Å². The summed E-state index contributed by atoms with van der Waals surface area (Å²) in [6, 6.07) is 10.9. The number of benzene rings is 2. The second-order valence-corrected chi connectivity index (χ2v) is 5.82. The normalized spacial score (nSPS) is 12.4. The van der Waals surface area contributed by atoms with Crippen LogP contribution < -0.4 is 5.32 Å². The van der Waals surface area contributed by atoms with Gasteiger partial charge in [-0.2, -0.15) is 0 Å². The van der Waals surface area contributed by atoms with E-state index in [2.05, 4.69) is 5.32 Å². The fraction of sp³-hybridized carbons (Fsp3) is 0.294. The molecule has 1 atom stereocenters. The zero-order valence-corrected chi connectivity index (χ0v) is 13.6. The number of nitrogens with one attached hydrogen (secondary N) is 1. The first-order chi connectivity index (χ1) is 10.0. The highest BCUT2D eigenvalue weighted by molar-refractivity contribution is 6.42. The molecule has 0 radical (unpaired) electrons. The summed E-state index contributed by atoms with van der Waals surface area (Å²) in [5.74, 6) is -0.185. The van der Waals surface area contributed by atoms with Gasteiger partial charge in [0.05, 0.1) is 10.0 Å². The lowest BCUT2D eigenvalue weighted by Gasteiger charge is -2.20. The van der Waals surface area contributed by atoms with Crippen LogP contribution in [-0.4, -0.2) is 6.54 Å². The summed E-state index contributed by atoms with van der Waals surface area (Å²) >= 11 is 12.3. The maximum atomic E-state index is 13.4. The summed E-state index contributed by atoms with van der Waals surface area (Å²) < 4.78 is 13.4. The lowest BCUT2D eigenvalue weighted by atomic mass is 9.97. The molecule has 0 spiro atoms. The fourth-order valence-corrected chi connectivity index (χ4v) is 2.76. The molecule has 0 bridgehead atoms. The Morgan fingerprint density at radius 3 is 2.62 bits per heavy atom. The highest BCUT2D eigenvalue weighted by Crippen LogP contribution is 2.29. The van der Waals surface area contributed by atoms with Crippen LogP contribution in [0.3, 0.4) is 0 Å². The Morgan fingerprint density at radius 2 is 1.95 bits per heavy atom. The highest BCUT2D eigenvalue weighted by atomic mass is 35.5. The lowest BCUT2D eigenvalue weighted by molar-refractivity contribution is 0.546. The Bertz CT molecular complexity index is 628. The van der Waals surface area contributed by atoms with Crippen molar-refractivity contribution in [2.24, 2.45) is 0 Å². The van der Waals surface area contributed by atoms with Gasteiger partial charge in [-0.15, -0.1) is 0 Å². The van der Waals surface area contributed by atoms with Crippen LogP contribution in [-0.2, 0) is 6.42 Å². The molecule has 2 aromatic carbocycles. The zero-order chi connectivity index (χ0) is 15.4. The monoisotopic (exact) mass is 325 g/mol. The van der Waals surface area contributed by atoms with Gasteiger partial charge in [0.2, 0.25) is 0 Å². The summed E-state index contributed by atoms with van der Waals surface area (Å²) in [6.45, 7) is 4.64. The average molecular weight is 326 g/mol. The van der Waals surface area contributed by atoms with E-state index in [1.165, 1.54) is 6.07 Å². The van der Waals surface area contributed by atoms with Gasteiger partial charge in [0.25, 0.3) is 0 Å². The Morgan fingerprint density at radius 1 is 1.19 bits per heavy atom. The van der Waals surface area contributed by atoms with E-state index in [9.17, 15) is 4.39 Å². The maximum absolute atomic E-state index is 13.4. The summed E-state index contributed by atoms with van der Waals surface area (Å²) in [5.41, 5.74) is 2.68. The van der Waals surface area contributed by atoms with Crippen LogP contribution in [0.1, 0.15) is 29.7 Å². The van der Waals surface area contributed by atoms with Gasteiger partial charge >= 0.3 is 0 Å². The molecule has 0 aliphatic rings. The van der Waals surface area contributed by atoms with E-state index in [1.807, 2.05) is 31.2 Å². The number of aryl methyl sites for hydroxylation is 1. The Hall–Kier alpha value is -1.09. The molecule has 0 fully saturated rings. The first-order valence-corrected chi connectivity index (χ1v) is 7.70. The SMILES string of the molecule is CCNC(Cc1cccc(Cl)c1Cl)c1ccc(F)c(C)c1. The molecule has 112 valence electrons. The van der Waals surface area contributed by atoms with E-state index in [0.717, 1.165) is 17.7 Å². The molecule has 4 heteroatoms. The molecule has 0 amide bonds. The summed E-state index contributed by atoms with van der Waals surface area (Å²) in [6.07, 6.45) is 0.707. The van der Waals surface area contributed by atoms with Crippen molar-refractivity contribution in [3.63, 3.8) is 0 Å². The van der Waals surface area contributed by atoms with Crippen molar-refractivity contribution >= 4 is 23.2 Å². The lowest BCUT2D eigenvalue weighted by Crippen LogP contribution is -2.23. The van der Waals surface area contributed by atoms with Gasteiger partial charge in [-0.1, -0.05) is 54.4 Å². The molecule has 1 nitrogen and oxygen atoms in total. The third-order valence-electron chi connectivity index (χ3n) is 3.49. The molecule has 1 N–H and O–H groups in total. The van der Waals surface area contributed by atoms with Crippen LogP contribution in [0.2, 0.25) is 10.0 Å². The van der Waals surface area contributed by atoms with Crippen LogP contribution in [0.5, 0.6) is 0 Å². The minimum absolute atomic E-state index is 0.0743. The number of hydrogen-bond donors (Lipinski definition) is 1. The number of rotatable bonds is 5. The molecule has 0 saturated heterocycles. The van der Waals surface area contributed by atoms with Crippen molar-refractivity contribution in [2.45, 2.75) is 26.3 Å². The maximum Gasteiger partial charge on any atom is 0.126 e. The second-order valence-electron chi connectivity index (χ2n) is 5.04. The Balaban J connectivity index is 2.30. The number of hydrogen-bond acceptors (Lipinski definition) is 1. The van der Waals surface area contributed by atoms with Gasteiger partial charge in [-0.25, -0.2) is 4.39 Å². The first kappa shape index (κ1) is 16.3. The smallest absolute Gasteiger partial charge is 0.126 e. The first-order valence-electron chi connectivity index (χ1n) is 6.95. The average Bonchev–Trinajstić information content (AvgIpc) is 2.46. The van der Waals surface area contributed by atoms with Gasteiger partial charge in [0.1, 0.15) is 5.82 Å². The molecular formula is C17H18Cl2FN. The molecule has 2 rings (SSSR count). The van der Waals surface area contributed by atoms with E-state index in [4.69, 9.17) is 23.2 Å². The molecule has 0 aliphatic heterocycles. The molecule has 0 aromatic heterocycles. The predicted octanol–water partition coefficient (Wildman–Crippen LogP) is 5.33. The largest absolute Gasteiger partial charge is 0.310 e. The van der Waals surface area contributed by atoms with Crippen molar-refractivity contribution in [3.05, 3.63) is 69.0 Å². The van der Waals surface area contributed by atoms with Gasteiger partial charge < -0.3 is 5.32 Å². The number of halogens is 3. The summed E-state index contributed by atoms with van der Waals surface area (Å²) in [7, 11) is 0. The van der Waals surface area contributed by atoms with E-state index in [1.54, 1.807) is 13.0 Å². The van der Waals surface area contributed by atoms with Crippen LogP contribution in [0.25, 0.3) is 0 Å². The van der Waals surface area contributed by atoms with Crippen molar-refractivity contribution in [1.29, 1.82) is 0 Å². The Labute approximate surface area is 135 Å². The van der Waals surface area contributed by atoms with E-state index in [0.29, 0.717) is 22.0 Å². The van der Waals surface area contributed by atoms with Gasteiger partial charge in [0.15, 0.2) is 0 Å². The van der Waals surface area contributed by atoms with E-state index in [-0.39, 0.29) is 11.9 Å². The summed E-state index contributed by atoms with van der Waals surface area (Å²) in [4.78, 5) is 0. The zero-order valence-electron chi connectivity index (χ0n) is 12.1. The van der Waals surface area contributed by atoms with Crippen molar-refractivity contribution in [2.75, 3.05) is 6.54 Å². The van der Waals surface area contributed by atoms with Crippen LogP contribution in [0.15, 0.2) is 36.4 Å².